The standard InChI is InChI=1S/C9H11NO4S/c1-10-15(11,12)7-4-5-8(13-2)9(6-7)14-3/h1,4-6,10H,2-3H3. The Balaban J connectivity index is 3.26. The first-order chi connectivity index (χ1) is 7.05. The van der Waals surface area contributed by atoms with Gasteiger partial charge in [0.1, 0.15) is 0 Å². The van der Waals surface area contributed by atoms with Crippen LogP contribution < -0.4 is 14.2 Å². The van der Waals surface area contributed by atoms with Gasteiger partial charge in [0.25, 0.3) is 0 Å². The number of ether oxygens (including phenoxy) is 2. The molecule has 0 bridgehead atoms. The molecule has 5 nitrogen and oxygen atoms in total. The first-order valence-electron chi connectivity index (χ1n) is 3.99. The first-order valence-corrected chi connectivity index (χ1v) is 5.48. The van der Waals surface area contributed by atoms with E-state index in [0.717, 1.165) is 0 Å². The predicted molar refractivity (Wildman–Crippen MR) is 54.2 cm³/mol. The van der Waals surface area contributed by atoms with Crippen LogP contribution in [0.2, 0.25) is 0 Å². The molecule has 1 aromatic carbocycles. The molecule has 0 aliphatic carbocycles. The average molecular weight is 229 g/mol. The highest BCUT2D eigenvalue weighted by Gasteiger charge is 2.14. The number of hydrogen-bond acceptors (Lipinski definition) is 4. The third-order valence-corrected chi connectivity index (χ3v) is 3.01. The number of hydrogen-bond donors (Lipinski definition) is 1. The molecule has 1 N–H and O–H groups in total. The van der Waals surface area contributed by atoms with Crippen LogP contribution in [0.4, 0.5) is 0 Å². The van der Waals surface area contributed by atoms with Gasteiger partial charge in [-0.3, -0.25) is 0 Å². The molecule has 6 heteroatoms. The zero-order valence-corrected chi connectivity index (χ0v) is 9.17. The Hall–Kier alpha value is -1.27. The molecule has 0 fully saturated rings. The second-order valence-electron chi connectivity index (χ2n) is 2.64. The Morgan fingerprint density at radius 3 is 2.27 bits per heavy atom. The Morgan fingerprint density at radius 1 is 1.20 bits per heavy atom. The minimum absolute atomic E-state index is 0.0163. The zero-order chi connectivity index (χ0) is 11.5. The summed E-state index contributed by atoms with van der Waals surface area (Å²) in [5.41, 5.74) is 0. The highest BCUT2D eigenvalue weighted by Crippen LogP contribution is 2.29. The van der Waals surface area contributed by atoms with Crippen LogP contribution in [-0.2, 0) is 10.0 Å². The Kier molecular flexibility index (Phi) is 3.54. The summed E-state index contributed by atoms with van der Waals surface area (Å²) in [4.78, 5) is 0.0163. The van der Waals surface area contributed by atoms with E-state index in [1.165, 1.54) is 32.4 Å². The number of methoxy groups -OCH3 is 2. The summed E-state index contributed by atoms with van der Waals surface area (Å²) in [7, 11) is 4.11. The maximum atomic E-state index is 11.3. The van der Waals surface area contributed by atoms with Crippen molar-refractivity contribution in [2.75, 3.05) is 14.2 Å². The van der Waals surface area contributed by atoms with E-state index in [9.17, 15) is 8.42 Å². The lowest BCUT2D eigenvalue weighted by molar-refractivity contribution is 0.354. The molecule has 0 spiro atoms. The van der Waals surface area contributed by atoms with Crippen molar-refractivity contribution >= 4 is 10.0 Å². The summed E-state index contributed by atoms with van der Waals surface area (Å²) >= 11 is 0. The summed E-state index contributed by atoms with van der Waals surface area (Å²) in [6.45, 7) is 0. The molecule has 0 atom stereocenters. The first kappa shape index (κ1) is 11.8. The van der Waals surface area contributed by atoms with Gasteiger partial charge in [-0.15, -0.1) is 0 Å². The van der Waals surface area contributed by atoms with Crippen molar-refractivity contribution in [1.82, 2.24) is 4.72 Å². The fraction of sp³-hybridized carbons (Fsp3) is 0.222. The molecule has 0 unspecified atom stereocenters. The van der Waals surface area contributed by atoms with E-state index in [4.69, 9.17) is 16.5 Å². The summed E-state index contributed by atoms with van der Waals surface area (Å²) in [6, 6.07) is 4.19. The quantitative estimate of drug-likeness (QED) is 0.770. The molecule has 1 aromatic rings. The van der Waals surface area contributed by atoms with Crippen LogP contribution in [-0.4, -0.2) is 22.6 Å². The molecule has 2 radical (unpaired) electrons. The molecule has 15 heavy (non-hydrogen) atoms. The van der Waals surface area contributed by atoms with E-state index in [1.807, 2.05) is 0 Å². The van der Waals surface area contributed by atoms with Crippen molar-refractivity contribution in [3.63, 3.8) is 0 Å². The smallest absolute Gasteiger partial charge is 0.241 e. The van der Waals surface area contributed by atoms with Crippen LogP contribution >= 0.6 is 0 Å². The van der Waals surface area contributed by atoms with Gasteiger partial charge in [0.15, 0.2) is 11.5 Å². The Bertz CT molecular complexity index is 441. The second kappa shape index (κ2) is 4.50. The SMILES string of the molecule is [CH]NS(=O)(=O)c1ccc(OC)c(OC)c1. The molecule has 0 amide bonds. The van der Waals surface area contributed by atoms with Gasteiger partial charge in [0.05, 0.1) is 26.2 Å². The molecule has 0 aliphatic heterocycles. The second-order valence-corrected chi connectivity index (χ2v) is 4.35. The molecular weight excluding hydrogens is 218 g/mol. The van der Waals surface area contributed by atoms with Crippen molar-refractivity contribution in [3.05, 3.63) is 25.2 Å². The van der Waals surface area contributed by atoms with Gasteiger partial charge in [0, 0.05) is 6.07 Å². The van der Waals surface area contributed by atoms with Crippen molar-refractivity contribution in [3.8, 4) is 11.5 Å². The van der Waals surface area contributed by atoms with Crippen LogP contribution in [0.25, 0.3) is 0 Å². The Labute approximate surface area is 89.1 Å². The summed E-state index contributed by atoms with van der Waals surface area (Å²) in [5, 5.41) is 0. The Morgan fingerprint density at radius 2 is 1.80 bits per heavy atom. The van der Waals surface area contributed by atoms with Crippen molar-refractivity contribution in [1.29, 1.82) is 0 Å². The topological polar surface area (TPSA) is 64.6 Å². The lowest BCUT2D eigenvalue weighted by atomic mass is 10.3. The van der Waals surface area contributed by atoms with Gasteiger partial charge in [-0.1, -0.05) is 0 Å². The largest absolute Gasteiger partial charge is 0.493 e. The maximum Gasteiger partial charge on any atom is 0.241 e. The molecule has 1 rings (SSSR count). The van der Waals surface area contributed by atoms with Crippen molar-refractivity contribution < 1.29 is 17.9 Å². The highest BCUT2D eigenvalue weighted by atomic mass is 32.2. The van der Waals surface area contributed by atoms with Crippen LogP contribution in [0.3, 0.4) is 0 Å². The number of nitrogens with one attached hydrogen (secondary N) is 1. The number of rotatable bonds is 4. The summed E-state index contributed by atoms with van der Waals surface area (Å²) in [6.07, 6.45) is 0. The van der Waals surface area contributed by atoms with Gasteiger partial charge < -0.3 is 9.47 Å². The van der Waals surface area contributed by atoms with Gasteiger partial charge >= 0.3 is 0 Å². The molecule has 0 aromatic heterocycles. The monoisotopic (exact) mass is 229 g/mol. The summed E-state index contributed by atoms with van der Waals surface area (Å²) < 4.78 is 34.3. The third kappa shape index (κ3) is 2.40. The van der Waals surface area contributed by atoms with E-state index >= 15 is 0 Å². The lowest BCUT2D eigenvalue weighted by Crippen LogP contribution is -2.16. The number of sulfonamides is 1. The van der Waals surface area contributed by atoms with Crippen molar-refractivity contribution in [2.45, 2.75) is 4.90 Å². The fourth-order valence-corrected chi connectivity index (χ4v) is 1.70. The number of benzene rings is 1. The zero-order valence-electron chi connectivity index (χ0n) is 8.35. The van der Waals surface area contributed by atoms with E-state index in [2.05, 4.69) is 0 Å². The van der Waals surface area contributed by atoms with E-state index in [0.29, 0.717) is 11.5 Å². The lowest BCUT2D eigenvalue weighted by Gasteiger charge is -2.09. The van der Waals surface area contributed by atoms with Gasteiger partial charge in [-0.2, -0.15) is 0 Å². The molecular formula is C9H11NO4S. The van der Waals surface area contributed by atoms with Crippen LogP contribution in [0, 0.1) is 7.05 Å². The van der Waals surface area contributed by atoms with Crippen LogP contribution in [0.5, 0.6) is 11.5 Å². The summed E-state index contributed by atoms with van der Waals surface area (Å²) in [5.74, 6) is 0.780. The van der Waals surface area contributed by atoms with Crippen molar-refractivity contribution in [2.24, 2.45) is 0 Å². The maximum absolute atomic E-state index is 11.3. The normalized spacial score (nSPS) is 11.1. The minimum atomic E-state index is -3.66. The van der Waals surface area contributed by atoms with Gasteiger partial charge in [-0.25, -0.2) is 13.1 Å². The minimum Gasteiger partial charge on any atom is -0.493 e. The predicted octanol–water partition coefficient (Wildman–Crippen LogP) is 0.651. The fourth-order valence-electron chi connectivity index (χ4n) is 1.05. The molecule has 0 saturated heterocycles. The van der Waals surface area contributed by atoms with Crippen LogP contribution in [0.15, 0.2) is 23.1 Å². The molecule has 82 valence electrons. The highest BCUT2D eigenvalue weighted by molar-refractivity contribution is 7.89. The third-order valence-electron chi connectivity index (χ3n) is 1.82. The van der Waals surface area contributed by atoms with Gasteiger partial charge in [-0.05, 0) is 12.1 Å². The average Bonchev–Trinajstić information content (AvgIpc) is 2.28. The van der Waals surface area contributed by atoms with E-state index in [-0.39, 0.29) is 4.90 Å². The molecule has 0 saturated carbocycles. The van der Waals surface area contributed by atoms with Gasteiger partial charge in [0.2, 0.25) is 10.0 Å². The molecule has 0 heterocycles. The molecule has 0 aliphatic rings. The van der Waals surface area contributed by atoms with Crippen LogP contribution in [0.1, 0.15) is 0 Å². The van der Waals surface area contributed by atoms with E-state index < -0.39 is 10.0 Å². The van der Waals surface area contributed by atoms with E-state index in [1.54, 1.807) is 4.72 Å².